The molecule has 3 aromatic carbocycles. The van der Waals surface area contributed by atoms with E-state index >= 15 is 0 Å². The first kappa shape index (κ1) is 21.5. The summed E-state index contributed by atoms with van der Waals surface area (Å²) in [6.07, 6.45) is 2.83. The molecule has 0 aliphatic heterocycles. The van der Waals surface area contributed by atoms with Gasteiger partial charge in [-0.3, -0.25) is 9.88 Å². The lowest BCUT2D eigenvalue weighted by atomic mass is 10.2. The van der Waals surface area contributed by atoms with Gasteiger partial charge in [0.05, 0.1) is 12.1 Å². The Hall–Kier alpha value is -3.34. The smallest absolute Gasteiger partial charge is 0.134 e. The minimum absolute atomic E-state index is 0.703. The second-order valence-electron chi connectivity index (χ2n) is 8.25. The summed E-state index contributed by atoms with van der Waals surface area (Å²) in [6, 6.07) is 28.8. The van der Waals surface area contributed by atoms with Gasteiger partial charge in [-0.1, -0.05) is 60.1 Å². The fourth-order valence-electron chi connectivity index (χ4n) is 4.19. The van der Waals surface area contributed by atoms with Crippen LogP contribution < -0.4 is 5.32 Å². The van der Waals surface area contributed by atoms with Gasteiger partial charge in [0.1, 0.15) is 11.3 Å². The second-order valence-corrected chi connectivity index (χ2v) is 8.68. The number of fused-ring (bicyclic) bond motifs is 2. The summed E-state index contributed by atoms with van der Waals surface area (Å²) in [4.78, 5) is 6.87. The number of para-hydroxylation sites is 1. The normalized spacial score (nSPS) is 11.5. The average Bonchev–Trinajstić information content (AvgIpc) is 3.24. The van der Waals surface area contributed by atoms with E-state index < -0.39 is 0 Å². The van der Waals surface area contributed by atoms with Gasteiger partial charge in [0, 0.05) is 47.3 Å². The molecule has 2 aromatic heterocycles. The van der Waals surface area contributed by atoms with Crippen LogP contribution in [0.1, 0.15) is 17.7 Å². The lowest BCUT2D eigenvalue weighted by molar-refractivity contribution is 0.237. The maximum absolute atomic E-state index is 6.12. The number of hydrogen-bond donors (Lipinski definition) is 1. The van der Waals surface area contributed by atoms with E-state index in [1.54, 1.807) is 0 Å². The second kappa shape index (κ2) is 10.1. The number of benzene rings is 3. The van der Waals surface area contributed by atoms with Crippen molar-refractivity contribution in [2.45, 2.75) is 19.5 Å². The van der Waals surface area contributed by atoms with Gasteiger partial charge >= 0.3 is 0 Å². The Bertz CT molecular complexity index is 1320. The number of furan rings is 1. The molecule has 0 atom stereocenters. The molecule has 166 valence electrons. The Labute approximate surface area is 198 Å². The number of nitrogens with zero attached hydrogens (tertiary/aromatic N) is 2. The van der Waals surface area contributed by atoms with Crippen molar-refractivity contribution in [3.05, 3.63) is 107 Å². The molecule has 5 aromatic rings. The largest absolute Gasteiger partial charge is 0.460 e. The van der Waals surface area contributed by atoms with Crippen molar-refractivity contribution in [2.24, 2.45) is 0 Å². The molecule has 0 aliphatic carbocycles. The number of nitrogens with one attached hydrogen (secondary N) is 1. The summed E-state index contributed by atoms with van der Waals surface area (Å²) in [5.41, 5.74) is 4.24. The molecule has 0 fully saturated rings. The molecule has 0 saturated heterocycles. The Morgan fingerprint density at radius 3 is 2.61 bits per heavy atom. The molecule has 0 radical (unpaired) electrons. The molecule has 0 bridgehead atoms. The van der Waals surface area contributed by atoms with Gasteiger partial charge in [-0.2, -0.15) is 0 Å². The number of hydrogen-bond acceptors (Lipinski definition) is 4. The van der Waals surface area contributed by atoms with E-state index in [0.29, 0.717) is 5.02 Å². The highest BCUT2D eigenvalue weighted by molar-refractivity contribution is 6.31. The van der Waals surface area contributed by atoms with Crippen LogP contribution in [0.5, 0.6) is 0 Å². The van der Waals surface area contributed by atoms with Crippen molar-refractivity contribution >= 4 is 39.2 Å². The van der Waals surface area contributed by atoms with Gasteiger partial charge in [0.2, 0.25) is 0 Å². The maximum atomic E-state index is 6.12. The number of pyridine rings is 1. The standard InChI is InChI=1S/C28H26ClN3O/c29-23-11-12-25-26(13-15-31-27(25)18-23)30-14-6-16-32(19-21-7-2-1-3-8-21)20-24-17-22-9-4-5-10-28(22)33-24/h1-5,7-13,15,17-18H,6,14,16,19-20H2,(H,30,31). The van der Waals surface area contributed by atoms with Crippen molar-refractivity contribution in [3.8, 4) is 0 Å². The molecule has 1 N–H and O–H groups in total. The first-order valence-electron chi connectivity index (χ1n) is 11.3. The minimum atomic E-state index is 0.703. The van der Waals surface area contributed by atoms with Gasteiger partial charge in [-0.15, -0.1) is 0 Å². The highest BCUT2D eigenvalue weighted by Crippen LogP contribution is 2.25. The predicted octanol–water partition coefficient (Wildman–Crippen LogP) is 7.14. The molecule has 0 unspecified atom stereocenters. The molecule has 5 rings (SSSR count). The van der Waals surface area contributed by atoms with Crippen LogP contribution in [0.3, 0.4) is 0 Å². The molecule has 0 aliphatic rings. The first-order valence-corrected chi connectivity index (χ1v) is 11.6. The zero-order valence-electron chi connectivity index (χ0n) is 18.4. The summed E-state index contributed by atoms with van der Waals surface area (Å²) >= 11 is 6.12. The van der Waals surface area contributed by atoms with Crippen LogP contribution in [0.15, 0.2) is 95.5 Å². The van der Waals surface area contributed by atoms with E-state index in [1.165, 1.54) is 5.56 Å². The molecule has 33 heavy (non-hydrogen) atoms. The van der Waals surface area contributed by atoms with E-state index in [2.05, 4.69) is 57.7 Å². The third kappa shape index (κ3) is 5.36. The molecule has 0 spiro atoms. The molecule has 5 heteroatoms. The van der Waals surface area contributed by atoms with Crippen LogP contribution in [-0.4, -0.2) is 23.0 Å². The zero-order chi connectivity index (χ0) is 22.5. The van der Waals surface area contributed by atoms with Gasteiger partial charge in [-0.05, 0) is 48.4 Å². The van der Waals surface area contributed by atoms with E-state index in [1.807, 2.05) is 48.7 Å². The molecule has 2 heterocycles. The minimum Gasteiger partial charge on any atom is -0.460 e. The number of rotatable bonds is 9. The summed E-state index contributed by atoms with van der Waals surface area (Å²) < 4.78 is 6.09. The Kier molecular flexibility index (Phi) is 6.56. The van der Waals surface area contributed by atoms with Gasteiger partial charge < -0.3 is 9.73 Å². The summed E-state index contributed by atoms with van der Waals surface area (Å²) in [6.45, 7) is 3.48. The fraction of sp³-hybridized carbons (Fsp3) is 0.179. The predicted molar refractivity (Wildman–Crippen MR) is 137 cm³/mol. The molecule has 0 saturated carbocycles. The molecular weight excluding hydrogens is 430 g/mol. The van der Waals surface area contributed by atoms with Gasteiger partial charge in [0.25, 0.3) is 0 Å². The average molecular weight is 456 g/mol. The van der Waals surface area contributed by atoms with Gasteiger partial charge in [0.15, 0.2) is 0 Å². The quantitative estimate of drug-likeness (QED) is 0.240. The van der Waals surface area contributed by atoms with Crippen LogP contribution in [0.25, 0.3) is 21.9 Å². The third-order valence-corrected chi connectivity index (χ3v) is 6.01. The number of halogens is 1. The Morgan fingerprint density at radius 1 is 0.879 bits per heavy atom. The maximum Gasteiger partial charge on any atom is 0.134 e. The first-order chi connectivity index (χ1) is 16.2. The van der Waals surface area contributed by atoms with E-state index in [0.717, 1.165) is 65.9 Å². The fourth-order valence-corrected chi connectivity index (χ4v) is 4.36. The van der Waals surface area contributed by atoms with Crippen LogP contribution in [0.2, 0.25) is 5.02 Å². The highest BCUT2D eigenvalue weighted by Gasteiger charge is 2.11. The lowest BCUT2D eigenvalue weighted by Gasteiger charge is -2.21. The summed E-state index contributed by atoms with van der Waals surface area (Å²) in [5, 5.41) is 6.52. The third-order valence-electron chi connectivity index (χ3n) is 5.78. The molecule has 4 nitrogen and oxygen atoms in total. The monoisotopic (exact) mass is 455 g/mol. The molecule has 0 amide bonds. The molecular formula is C28H26ClN3O. The summed E-state index contributed by atoms with van der Waals surface area (Å²) in [7, 11) is 0. The van der Waals surface area contributed by atoms with Crippen LogP contribution in [0, 0.1) is 0 Å². The van der Waals surface area contributed by atoms with Gasteiger partial charge in [-0.25, -0.2) is 0 Å². The van der Waals surface area contributed by atoms with E-state index in [9.17, 15) is 0 Å². The van der Waals surface area contributed by atoms with Crippen molar-refractivity contribution in [3.63, 3.8) is 0 Å². The van der Waals surface area contributed by atoms with Crippen molar-refractivity contribution in [2.75, 3.05) is 18.4 Å². The lowest BCUT2D eigenvalue weighted by Crippen LogP contribution is -2.25. The van der Waals surface area contributed by atoms with Crippen LogP contribution in [0.4, 0.5) is 5.69 Å². The number of aromatic nitrogens is 1. The van der Waals surface area contributed by atoms with Crippen molar-refractivity contribution in [1.29, 1.82) is 0 Å². The van der Waals surface area contributed by atoms with Crippen molar-refractivity contribution in [1.82, 2.24) is 9.88 Å². The summed E-state index contributed by atoms with van der Waals surface area (Å²) in [5.74, 6) is 0.997. The van der Waals surface area contributed by atoms with E-state index in [4.69, 9.17) is 16.0 Å². The Morgan fingerprint density at radius 2 is 1.73 bits per heavy atom. The Balaban J connectivity index is 1.25. The van der Waals surface area contributed by atoms with Crippen molar-refractivity contribution < 1.29 is 4.42 Å². The van der Waals surface area contributed by atoms with Crippen LogP contribution in [-0.2, 0) is 13.1 Å². The number of anilines is 1. The van der Waals surface area contributed by atoms with E-state index in [-0.39, 0.29) is 0 Å². The topological polar surface area (TPSA) is 41.3 Å². The highest BCUT2D eigenvalue weighted by atomic mass is 35.5. The zero-order valence-corrected chi connectivity index (χ0v) is 19.1. The SMILES string of the molecule is Clc1ccc2c(NCCCN(Cc3ccccc3)Cc3cc4ccccc4o3)ccnc2c1. The van der Waals surface area contributed by atoms with Crippen LogP contribution >= 0.6 is 11.6 Å².